The largest absolute Gasteiger partial charge is 0.393 e. The summed E-state index contributed by atoms with van der Waals surface area (Å²) in [5.74, 6) is 0.991. The van der Waals surface area contributed by atoms with Crippen LogP contribution in [0.3, 0.4) is 0 Å². The van der Waals surface area contributed by atoms with Crippen LogP contribution in [0.1, 0.15) is 49.9 Å². The molecular weight excluding hydrogens is 585 g/mol. The van der Waals surface area contributed by atoms with Crippen LogP contribution in [0.2, 0.25) is 5.28 Å². The number of hydrazone groups is 1. The van der Waals surface area contributed by atoms with Crippen molar-refractivity contribution >= 4 is 37.5 Å². The molecule has 5 atom stereocenters. The number of rotatable bonds is 14. The Kier molecular flexibility index (Phi) is 10.3. The van der Waals surface area contributed by atoms with Crippen molar-refractivity contribution < 1.29 is 39.1 Å². The highest BCUT2D eigenvalue weighted by molar-refractivity contribution is 7.53. The van der Waals surface area contributed by atoms with E-state index in [4.69, 9.17) is 21.1 Å². The maximum Gasteiger partial charge on any atom is 0.359 e. The number of ether oxygens (including phenoxy) is 2. The summed E-state index contributed by atoms with van der Waals surface area (Å²) in [6.07, 6.45) is -1.41. The van der Waals surface area contributed by atoms with Gasteiger partial charge < -0.3 is 39.9 Å². The quantitative estimate of drug-likeness (QED) is 0.0640. The second-order valence-electron chi connectivity index (χ2n) is 10.1. The standard InChI is InChI=1S/C22H35ClN9O8P/c1-12-18(25-13-6-3-4-7-13)26-21(23)27-19(12)32(24-2)20-17(35)16(34)14(40-20)10-39-22(11-33,41(36,37)38)9-5-8-15-28-30-31-29-15/h13-14,16-17,20,33-35H,2-11H2,1H3,(H,25,26,27)(H2,36,37,38)(H,28,29,30,31)/t14-,16-,17-,20-,22?/m1/s1. The van der Waals surface area contributed by atoms with Gasteiger partial charge in [0.25, 0.3) is 0 Å². The third-order valence-corrected chi connectivity index (χ3v) is 9.11. The average molecular weight is 620 g/mol. The van der Waals surface area contributed by atoms with Gasteiger partial charge in [-0.2, -0.15) is 15.3 Å². The molecule has 0 radical (unpaired) electrons. The Bertz CT molecular complexity index is 1220. The Balaban J connectivity index is 1.48. The van der Waals surface area contributed by atoms with Gasteiger partial charge in [-0.05, 0) is 44.2 Å². The van der Waals surface area contributed by atoms with Crippen LogP contribution in [0, 0.1) is 6.92 Å². The molecule has 0 bridgehead atoms. The Labute approximate surface area is 240 Å². The number of anilines is 2. The molecule has 7 N–H and O–H groups in total. The van der Waals surface area contributed by atoms with E-state index in [0.29, 0.717) is 17.2 Å². The van der Waals surface area contributed by atoms with E-state index in [-0.39, 0.29) is 36.4 Å². The molecule has 41 heavy (non-hydrogen) atoms. The smallest absolute Gasteiger partial charge is 0.359 e. The summed E-state index contributed by atoms with van der Waals surface area (Å²) in [6.45, 7) is 3.69. The second-order valence-corrected chi connectivity index (χ2v) is 12.3. The molecule has 2 fully saturated rings. The van der Waals surface area contributed by atoms with Crippen LogP contribution in [0.5, 0.6) is 0 Å². The number of aryl methyl sites for hydroxylation is 1. The number of halogens is 1. The fourth-order valence-electron chi connectivity index (χ4n) is 5.01. The topological polar surface area (TPSA) is 245 Å². The molecule has 228 valence electrons. The number of aliphatic hydroxyl groups is 3. The Morgan fingerprint density at radius 3 is 2.63 bits per heavy atom. The first kappa shape index (κ1) is 31.6. The summed E-state index contributed by atoms with van der Waals surface area (Å²) >= 11 is 6.21. The van der Waals surface area contributed by atoms with Gasteiger partial charge in [-0.1, -0.05) is 18.1 Å². The molecule has 17 nitrogen and oxygen atoms in total. The van der Waals surface area contributed by atoms with Gasteiger partial charge in [0.05, 0.1) is 13.2 Å². The molecule has 0 spiro atoms. The maximum absolute atomic E-state index is 12.4. The minimum absolute atomic E-state index is 0.0807. The van der Waals surface area contributed by atoms with Crippen molar-refractivity contribution in [3.63, 3.8) is 0 Å². The SMILES string of the molecule is C=NN(c1nc(Cl)nc(NC2CCCC2)c1C)[C@@H]1O[C@H](COC(CO)(CCCc2nn[nH]n2)P(=O)(O)O)[C@@H](O)[C@H]1O. The molecule has 4 rings (SSSR count). The lowest BCUT2D eigenvalue weighted by atomic mass is 10.1. The Hall–Kier alpha value is -2.34. The number of aromatic amines is 1. The Morgan fingerprint density at radius 1 is 1.29 bits per heavy atom. The van der Waals surface area contributed by atoms with Gasteiger partial charge in [-0.25, -0.2) is 9.99 Å². The van der Waals surface area contributed by atoms with Gasteiger partial charge in [-0.3, -0.25) is 4.57 Å². The first-order valence-electron chi connectivity index (χ1n) is 13.1. The van der Waals surface area contributed by atoms with Crippen molar-refractivity contribution in [2.75, 3.05) is 23.5 Å². The van der Waals surface area contributed by atoms with E-state index in [2.05, 4.69) is 47.7 Å². The lowest BCUT2D eigenvalue weighted by Gasteiger charge is -2.33. The van der Waals surface area contributed by atoms with Gasteiger partial charge in [0.2, 0.25) is 5.28 Å². The number of aromatic nitrogens is 6. The highest BCUT2D eigenvalue weighted by Crippen LogP contribution is 2.54. The number of tetrazole rings is 1. The second kappa shape index (κ2) is 13.3. The Morgan fingerprint density at radius 2 is 2.02 bits per heavy atom. The summed E-state index contributed by atoms with van der Waals surface area (Å²) in [6, 6.07) is 0.224. The van der Waals surface area contributed by atoms with Crippen LogP contribution in [-0.4, -0.2) is 112 Å². The highest BCUT2D eigenvalue weighted by atomic mass is 35.5. The van der Waals surface area contributed by atoms with Gasteiger partial charge in [0.15, 0.2) is 23.2 Å². The highest BCUT2D eigenvalue weighted by Gasteiger charge is 2.51. The molecular formula is C22H35ClN9O8P. The first-order valence-corrected chi connectivity index (χ1v) is 15.1. The van der Waals surface area contributed by atoms with Gasteiger partial charge in [0, 0.05) is 24.7 Å². The molecule has 1 saturated heterocycles. The number of hydrogen-bond acceptors (Lipinski definition) is 14. The van der Waals surface area contributed by atoms with Gasteiger partial charge in [0.1, 0.15) is 24.1 Å². The van der Waals surface area contributed by atoms with Crippen LogP contribution in [-0.2, 0) is 20.5 Å². The fourth-order valence-corrected chi connectivity index (χ4v) is 6.05. The van der Waals surface area contributed by atoms with Gasteiger partial charge in [-0.15, -0.1) is 10.2 Å². The van der Waals surface area contributed by atoms with E-state index >= 15 is 0 Å². The van der Waals surface area contributed by atoms with Crippen LogP contribution in [0.15, 0.2) is 5.10 Å². The van der Waals surface area contributed by atoms with Crippen molar-refractivity contribution in [1.82, 2.24) is 30.6 Å². The number of H-pyrrole nitrogens is 1. The zero-order valence-corrected chi connectivity index (χ0v) is 24.0. The van der Waals surface area contributed by atoms with E-state index < -0.39 is 50.7 Å². The van der Waals surface area contributed by atoms with E-state index in [0.717, 1.165) is 30.7 Å². The zero-order chi connectivity index (χ0) is 29.8. The van der Waals surface area contributed by atoms with Crippen molar-refractivity contribution in [2.24, 2.45) is 5.10 Å². The fraction of sp³-hybridized carbons (Fsp3) is 0.727. The first-order chi connectivity index (χ1) is 19.5. The summed E-state index contributed by atoms with van der Waals surface area (Å²) < 4.78 is 23.8. The van der Waals surface area contributed by atoms with Crippen molar-refractivity contribution in [2.45, 2.75) is 87.8 Å². The third kappa shape index (κ3) is 7.01. The summed E-state index contributed by atoms with van der Waals surface area (Å²) in [7, 11) is -5.04. The third-order valence-electron chi connectivity index (χ3n) is 7.39. The molecule has 1 unspecified atom stereocenters. The molecule has 2 aromatic rings. The number of hydrogen-bond donors (Lipinski definition) is 7. The number of nitrogens with one attached hydrogen (secondary N) is 2. The number of nitrogens with zero attached hydrogens (tertiary/aromatic N) is 7. The molecule has 2 aliphatic rings. The molecule has 0 amide bonds. The van der Waals surface area contributed by atoms with Crippen molar-refractivity contribution in [3.05, 3.63) is 16.7 Å². The minimum atomic E-state index is -5.04. The van der Waals surface area contributed by atoms with Crippen LogP contribution in [0.4, 0.5) is 11.6 Å². The van der Waals surface area contributed by atoms with Crippen LogP contribution >= 0.6 is 19.2 Å². The average Bonchev–Trinajstić information content (AvgIpc) is 3.69. The van der Waals surface area contributed by atoms with E-state index in [1.54, 1.807) is 6.92 Å². The molecule has 2 aromatic heterocycles. The molecule has 1 saturated carbocycles. The predicted molar refractivity (Wildman–Crippen MR) is 145 cm³/mol. The molecule has 1 aliphatic heterocycles. The predicted octanol–water partition coefficient (Wildman–Crippen LogP) is 0.0805. The lowest BCUT2D eigenvalue weighted by Crippen LogP contribution is -2.43. The monoisotopic (exact) mass is 619 g/mol. The molecule has 3 heterocycles. The molecule has 0 aromatic carbocycles. The van der Waals surface area contributed by atoms with Crippen molar-refractivity contribution in [3.8, 4) is 0 Å². The summed E-state index contributed by atoms with van der Waals surface area (Å²) in [4.78, 5) is 28.6. The van der Waals surface area contributed by atoms with Crippen LogP contribution < -0.4 is 10.3 Å². The number of aliphatic hydroxyl groups excluding tert-OH is 3. The molecule has 19 heteroatoms. The zero-order valence-electron chi connectivity index (χ0n) is 22.4. The van der Waals surface area contributed by atoms with E-state index in [1.807, 2.05) is 0 Å². The van der Waals surface area contributed by atoms with E-state index in [1.165, 1.54) is 0 Å². The van der Waals surface area contributed by atoms with Gasteiger partial charge >= 0.3 is 7.60 Å². The summed E-state index contributed by atoms with van der Waals surface area (Å²) in [5, 5.41) is 51.0. The van der Waals surface area contributed by atoms with Crippen molar-refractivity contribution in [1.29, 1.82) is 0 Å². The normalized spacial score (nSPS) is 24.9. The minimum Gasteiger partial charge on any atom is -0.393 e. The maximum atomic E-state index is 12.4. The van der Waals surface area contributed by atoms with E-state index in [9.17, 15) is 29.7 Å². The summed E-state index contributed by atoms with van der Waals surface area (Å²) in [5.41, 5.74) is 0.557. The van der Waals surface area contributed by atoms with Crippen LogP contribution in [0.25, 0.3) is 0 Å². The molecule has 1 aliphatic carbocycles. The lowest BCUT2D eigenvalue weighted by molar-refractivity contribution is -0.102.